The summed E-state index contributed by atoms with van der Waals surface area (Å²) in [6, 6.07) is 7.93. The van der Waals surface area contributed by atoms with E-state index in [1.807, 2.05) is 62.7 Å². The van der Waals surface area contributed by atoms with Gasteiger partial charge in [-0.15, -0.1) is 0 Å². The van der Waals surface area contributed by atoms with Crippen molar-refractivity contribution in [1.82, 2.24) is 14.7 Å². The third-order valence-electron chi connectivity index (χ3n) is 3.48. The molecule has 0 saturated heterocycles. The summed E-state index contributed by atoms with van der Waals surface area (Å²) in [4.78, 5) is 1.93. The lowest BCUT2D eigenvalue weighted by molar-refractivity contribution is 0.0831. The monoisotopic (exact) mass is 318 g/mol. The van der Waals surface area contributed by atoms with Gasteiger partial charge in [-0.2, -0.15) is 5.10 Å². The first-order valence-corrected chi connectivity index (χ1v) is 7.75. The molecule has 0 aliphatic rings. The van der Waals surface area contributed by atoms with Crippen LogP contribution < -0.4 is 10.1 Å². The van der Waals surface area contributed by atoms with Crippen LogP contribution >= 0.6 is 0 Å². The van der Waals surface area contributed by atoms with E-state index in [1.54, 1.807) is 4.68 Å². The van der Waals surface area contributed by atoms with Crippen molar-refractivity contribution in [1.29, 1.82) is 0 Å². The van der Waals surface area contributed by atoms with E-state index in [2.05, 4.69) is 17.3 Å². The fourth-order valence-corrected chi connectivity index (χ4v) is 2.31. The molecule has 0 aliphatic carbocycles. The van der Waals surface area contributed by atoms with Gasteiger partial charge in [0.25, 0.3) is 0 Å². The van der Waals surface area contributed by atoms with Gasteiger partial charge < -0.3 is 20.1 Å². The van der Waals surface area contributed by atoms with Crippen molar-refractivity contribution in [3.63, 3.8) is 0 Å². The number of nitrogens with one attached hydrogen (secondary N) is 1. The number of rotatable bonds is 8. The van der Waals surface area contributed by atoms with Crippen LogP contribution in [0, 0.1) is 0 Å². The highest BCUT2D eigenvalue weighted by atomic mass is 16.5. The van der Waals surface area contributed by atoms with Crippen LogP contribution in [-0.2, 0) is 7.05 Å². The van der Waals surface area contributed by atoms with Crippen LogP contribution in [0.4, 0.5) is 5.69 Å². The zero-order valence-electron chi connectivity index (χ0n) is 14.2. The lowest BCUT2D eigenvalue weighted by Gasteiger charge is -2.17. The number of aromatic nitrogens is 2. The number of aliphatic hydroxyl groups is 1. The molecular weight excluding hydrogens is 292 g/mol. The second-order valence-corrected chi connectivity index (χ2v) is 6.06. The Kier molecular flexibility index (Phi) is 6.01. The summed E-state index contributed by atoms with van der Waals surface area (Å²) < 4.78 is 7.39. The summed E-state index contributed by atoms with van der Waals surface area (Å²) in [6.07, 6.45) is 3.37. The summed E-state index contributed by atoms with van der Waals surface area (Å²) in [7, 11) is 5.76. The Hall–Kier alpha value is -2.05. The molecule has 2 N–H and O–H groups in total. The van der Waals surface area contributed by atoms with Crippen LogP contribution in [0.25, 0.3) is 0 Å². The highest BCUT2D eigenvalue weighted by molar-refractivity contribution is 5.47. The second-order valence-electron chi connectivity index (χ2n) is 6.06. The van der Waals surface area contributed by atoms with Gasteiger partial charge >= 0.3 is 0 Å². The number of nitrogens with zero attached hydrogens (tertiary/aromatic N) is 3. The molecule has 2 unspecified atom stereocenters. The predicted molar refractivity (Wildman–Crippen MR) is 91.7 cm³/mol. The summed E-state index contributed by atoms with van der Waals surface area (Å²) in [5.41, 5.74) is 2.15. The molecule has 2 atom stereocenters. The molecule has 0 radical (unpaired) electrons. The standard InChI is InChI=1S/C17H26N4O2/c1-13(14-9-18-21(4)10-14)19-15-5-7-17(8-6-15)23-12-16(22)11-20(2)3/h5-10,13,16,19,22H,11-12H2,1-4H3. The van der Waals surface area contributed by atoms with Gasteiger partial charge in [0.1, 0.15) is 18.5 Å². The molecule has 0 fully saturated rings. The number of anilines is 1. The fraction of sp³-hybridized carbons (Fsp3) is 0.471. The van der Waals surface area contributed by atoms with E-state index >= 15 is 0 Å². The number of aryl methyl sites for hydroxylation is 1. The maximum Gasteiger partial charge on any atom is 0.119 e. The van der Waals surface area contributed by atoms with Crippen molar-refractivity contribution in [3.8, 4) is 5.75 Å². The minimum absolute atomic E-state index is 0.178. The Morgan fingerprint density at radius 3 is 2.57 bits per heavy atom. The molecule has 2 aromatic rings. The van der Waals surface area contributed by atoms with Crippen molar-refractivity contribution in [2.45, 2.75) is 19.1 Å². The Labute approximate surface area is 137 Å². The first-order valence-electron chi connectivity index (χ1n) is 7.75. The molecule has 2 rings (SSSR count). The van der Waals surface area contributed by atoms with Gasteiger partial charge in [-0.25, -0.2) is 0 Å². The average molecular weight is 318 g/mol. The topological polar surface area (TPSA) is 62.5 Å². The summed E-state index contributed by atoms with van der Waals surface area (Å²) >= 11 is 0. The number of benzene rings is 1. The van der Waals surface area contributed by atoms with Gasteiger partial charge in [-0.3, -0.25) is 4.68 Å². The van der Waals surface area contributed by atoms with Crippen LogP contribution in [0.3, 0.4) is 0 Å². The second kappa shape index (κ2) is 7.99. The van der Waals surface area contributed by atoms with Crippen molar-refractivity contribution < 1.29 is 9.84 Å². The van der Waals surface area contributed by atoms with Gasteiger partial charge in [-0.05, 0) is 45.3 Å². The van der Waals surface area contributed by atoms with E-state index in [4.69, 9.17) is 4.74 Å². The maximum absolute atomic E-state index is 9.80. The quantitative estimate of drug-likeness (QED) is 0.778. The van der Waals surface area contributed by atoms with Crippen molar-refractivity contribution in [2.24, 2.45) is 7.05 Å². The lowest BCUT2D eigenvalue weighted by Crippen LogP contribution is -2.30. The molecule has 1 aromatic heterocycles. The van der Waals surface area contributed by atoms with Crippen LogP contribution in [-0.4, -0.2) is 53.1 Å². The first-order chi connectivity index (χ1) is 10.9. The third kappa shape index (κ3) is 5.58. The molecule has 6 heteroatoms. The molecule has 0 bridgehead atoms. The molecule has 23 heavy (non-hydrogen) atoms. The van der Waals surface area contributed by atoms with E-state index in [1.165, 1.54) is 0 Å². The maximum atomic E-state index is 9.80. The Bertz CT molecular complexity index is 595. The Morgan fingerprint density at radius 1 is 1.30 bits per heavy atom. The Morgan fingerprint density at radius 2 is 2.00 bits per heavy atom. The molecule has 0 aliphatic heterocycles. The van der Waals surface area contributed by atoms with Crippen LogP contribution in [0.15, 0.2) is 36.7 Å². The normalized spacial score (nSPS) is 13.8. The zero-order chi connectivity index (χ0) is 16.8. The van der Waals surface area contributed by atoms with Gasteiger partial charge in [-0.1, -0.05) is 0 Å². The zero-order valence-corrected chi connectivity index (χ0v) is 14.2. The number of likely N-dealkylation sites (N-methyl/N-ethyl adjacent to an activating group) is 1. The summed E-state index contributed by atoms with van der Waals surface area (Å²) in [6.45, 7) is 2.97. The third-order valence-corrected chi connectivity index (χ3v) is 3.48. The molecular formula is C17H26N4O2. The SMILES string of the molecule is CC(Nc1ccc(OCC(O)CN(C)C)cc1)c1cnn(C)c1. The molecule has 126 valence electrons. The number of hydrogen-bond acceptors (Lipinski definition) is 5. The van der Waals surface area contributed by atoms with Gasteiger partial charge in [0, 0.05) is 31.0 Å². The largest absolute Gasteiger partial charge is 0.491 e. The van der Waals surface area contributed by atoms with E-state index < -0.39 is 6.10 Å². The minimum atomic E-state index is -0.492. The number of ether oxygens (including phenoxy) is 1. The van der Waals surface area contributed by atoms with Gasteiger partial charge in [0.15, 0.2) is 0 Å². The summed E-state index contributed by atoms with van der Waals surface area (Å²) in [5.74, 6) is 0.752. The van der Waals surface area contributed by atoms with E-state index in [-0.39, 0.29) is 12.6 Å². The number of aliphatic hydroxyl groups excluding tert-OH is 1. The van der Waals surface area contributed by atoms with Gasteiger partial charge in [0.05, 0.1) is 12.2 Å². The van der Waals surface area contributed by atoms with E-state index in [0.717, 1.165) is 17.0 Å². The highest BCUT2D eigenvalue weighted by Gasteiger charge is 2.08. The number of hydrogen-bond donors (Lipinski definition) is 2. The van der Waals surface area contributed by atoms with Crippen molar-refractivity contribution in [3.05, 3.63) is 42.2 Å². The molecule has 0 amide bonds. The molecule has 0 spiro atoms. The van der Waals surface area contributed by atoms with E-state index in [9.17, 15) is 5.11 Å². The highest BCUT2D eigenvalue weighted by Crippen LogP contribution is 2.21. The average Bonchev–Trinajstić information content (AvgIpc) is 2.92. The molecule has 6 nitrogen and oxygen atoms in total. The Balaban J connectivity index is 1.84. The first kappa shape index (κ1) is 17.3. The van der Waals surface area contributed by atoms with Gasteiger partial charge in [0.2, 0.25) is 0 Å². The summed E-state index contributed by atoms with van der Waals surface area (Å²) in [5, 5.41) is 17.4. The van der Waals surface area contributed by atoms with Crippen LogP contribution in [0.1, 0.15) is 18.5 Å². The van der Waals surface area contributed by atoms with Crippen molar-refractivity contribution >= 4 is 5.69 Å². The molecule has 1 aromatic carbocycles. The predicted octanol–water partition coefficient (Wildman–Crippen LogP) is 1.89. The van der Waals surface area contributed by atoms with Crippen LogP contribution in [0.2, 0.25) is 0 Å². The van der Waals surface area contributed by atoms with E-state index in [0.29, 0.717) is 6.54 Å². The smallest absolute Gasteiger partial charge is 0.119 e. The van der Waals surface area contributed by atoms with Crippen LogP contribution in [0.5, 0.6) is 5.75 Å². The molecule has 1 heterocycles. The fourth-order valence-electron chi connectivity index (χ4n) is 2.31. The molecule has 0 saturated carbocycles. The lowest BCUT2D eigenvalue weighted by atomic mass is 10.2. The van der Waals surface area contributed by atoms with Crippen molar-refractivity contribution in [2.75, 3.05) is 32.6 Å². The minimum Gasteiger partial charge on any atom is -0.491 e.